The third-order valence-electron chi connectivity index (χ3n) is 5.35. The van der Waals surface area contributed by atoms with Crippen LogP contribution in [-0.2, 0) is 0 Å². The minimum atomic E-state index is 0.401. The molecule has 1 atom stereocenters. The summed E-state index contributed by atoms with van der Waals surface area (Å²) in [5, 5.41) is 1.20. The number of para-hydroxylation sites is 2. The molecule has 2 heterocycles. The van der Waals surface area contributed by atoms with Crippen LogP contribution >= 0.6 is 0 Å². The highest BCUT2D eigenvalue weighted by atomic mass is 15.1. The molecular formula is C24H26N2. The van der Waals surface area contributed by atoms with E-state index in [-0.39, 0.29) is 0 Å². The van der Waals surface area contributed by atoms with Crippen molar-refractivity contribution in [2.75, 3.05) is 11.4 Å². The second-order valence-corrected chi connectivity index (χ2v) is 7.04. The predicted octanol–water partition coefficient (Wildman–Crippen LogP) is 6.39. The van der Waals surface area contributed by atoms with Gasteiger partial charge in [0.1, 0.15) is 0 Å². The zero-order valence-corrected chi connectivity index (χ0v) is 15.7. The predicted molar refractivity (Wildman–Crippen MR) is 111 cm³/mol. The fourth-order valence-electron chi connectivity index (χ4n) is 3.96. The largest absolute Gasteiger partial charge is 0.347 e. The van der Waals surface area contributed by atoms with Crippen LogP contribution in [0, 0.1) is 0 Å². The molecule has 132 valence electrons. The van der Waals surface area contributed by atoms with Crippen LogP contribution in [0.25, 0.3) is 16.5 Å². The first-order valence-electron chi connectivity index (χ1n) is 9.75. The maximum atomic E-state index is 4.99. The summed E-state index contributed by atoms with van der Waals surface area (Å²) >= 11 is 0. The van der Waals surface area contributed by atoms with E-state index in [0.29, 0.717) is 5.92 Å². The van der Waals surface area contributed by atoms with E-state index >= 15 is 0 Å². The van der Waals surface area contributed by atoms with Crippen LogP contribution in [0.15, 0.2) is 66.9 Å². The van der Waals surface area contributed by atoms with Gasteiger partial charge in [0.2, 0.25) is 0 Å². The lowest BCUT2D eigenvalue weighted by Gasteiger charge is -2.34. The summed E-state index contributed by atoms with van der Waals surface area (Å²) in [7, 11) is 0. The van der Waals surface area contributed by atoms with Gasteiger partial charge in [-0.25, -0.2) is 4.98 Å². The number of hydrogen-bond donors (Lipinski definition) is 0. The third kappa shape index (κ3) is 3.01. The lowest BCUT2D eigenvalue weighted by molar-refractivity contribution is 0.748. The number of benzene rings is 2. The Morgan fingerprint density at radius 1 is 0.923 bits per heavy atom. The highest BCUT2D eigenvalue weighted by Crippen LogP contribution is 2.43. The third-order valence-corrected chi connectivity index (χ3v) is 5.35. The number of rotatable bonds is 5. The SMILES string of the molecule is CCCCN1C=C(c2ccc3ccccc3n2)C(CC)c2ccccc21. The molecule has 3 aromatic rings. The van der Waals surface area contributed by atoms with Crippen molar-refractivity contribution in [2.24, 2.45) is 0 Å². The topological polar surface area (TPSA) is 16.1 Å². The maximum Gasteiger partial charge on any atom is 0.0709 e. The minimum Gasteiger partial charge on any atom is -0.347 e. The van der Waals surface area contributed by atoms with E-state index < -0.39 is 0 Å². The molecule has 0 saturated carbocycles. The van der Waals surface area contributed by atoms with Crippen LogP contribution in [-0.4, -0.2) is 11.5 Å². The highest BCUT2D eigenvalue weighted by Gasteiger charge is 2.27. The van der Waals surface area contributed by atoms with Gasteiger partial charge in [0.05, 0.1) is 11.2 Å². The second kappa shape index (κ2) is 7.33. The maximum absolute atomic E-state index is 4.99. The fraction of sp³-hybridized carbons (Fsp3) is 0.292. The molecule has 1 aliphatic rings. The Morgan fingerprint density at radius 2 is 1.73 bits per heavy atom. The van der Waals surface area contributed by atoms with Crippen molar-refractivity contribution in [3.8, 4) is 0 Å². The molecule has 1 aromatic heterocycles. The van der Waals surface area contributed by atoms with Crippen molar-refractivity contribution in [1.82, 2.24) is 4.98 Å². The first-order valence-corrected chi connectivity index (χ1v) is 9.75. The average Bonchev–Trinajstić information content (AvgIpc) is 2.71. The number of unbranched alkanes of at least 4 members (excludes halogenated alkanes) is 1. The molecule has 0 radical (unpaired) electrons. The molecule has 0 N–H and O–H groups in total. The van der Waals surface area contributed by atoms with E-state index in [1.54, 1.807) is 0 Å². The van der Waals surface area contributed by atoms with Gasteiger partial charge >= 0.3 is 0 Å². The molecular weight excluding hydrogens is 316 g/mol. The monoisotopic (exact) mass is 342 g/mol. The molecule has 0 aliphatic carbocycles. The summed E-state index contributed by atoms with van der Waals surface area (Å²) in [6.07, 6.45) is 5.83. The Kier molecular flexibility index (Phi) is 4.75. The van der Waals surface area contributed by atoms with E-state index in [9.17, 15) is 0 Å². The Balaban J connectivity index is 1.82. The van der Waals surface area contributed by atoms with Crippen molar-refractivity contribution in [3.05, 3.63) is 78.1 Å². The molecule has 4 rings (SSSR count). The van der Waals surface area contributed by atoms with Crippen molar-refractivity contribution < 1.29 is 0 Å². The van der Waals surface area contributed by atoms with Gasteiger partial charge in [-0.2, -0.15) is 0 Å². The molecule has 0 bridgehead atoms. The number of anilines is 1. The van der Waals surface area contributed by atoms with Gasteiger partial charge in [-0.3, -0.25) is 0 Å². The summed E-state index contributed by atoms with van der Waals surface area (Å²) in [5.41, 5.74) is 6.30. The van der Waals surface area contributed by atoms with Gasteiger partial charge in [0, 0.05) is 35.3 Å². The van der Waals surface area contributed by atoms with Gasteiger partial charge in [-0.05, 0) is 36.6 Å². The van der Waals surface area contributed by atoms with Crippen LogP contribution in [0.3, 0.4) is 0 Å². The summed E-state index contributed by atoms with van der Waals surface area (Å²) in [6, 6.07) is 21.6. The van der Waals surface area contributed by atoms with Gasteiger partial charge in [0.25, 0.3) is 0 Å². The van der Waals surface area contributed by atoms with Gasteiger partial charge in [-0.1, -0.05) is 62.7 Å². The van der Waals surface area contributed by atoms with E-state index in [1.807, 2.05) is 0 Å². The van der Waals surface area contributed by atoms with Crippen molar-refractivity contribution in [1.29, 1.82) is 0 Å². The highest BCUT2D eigenvalue weighted by molar-refractivity contribution is 5.84. The summed E-state index contributed by atoms with van der Waals surface area (Å²) < 4.78 is 0. The van der Waals surface area contributed by atoms with Gasteiger partial charge in [-0.15, -0.1) is 0 Å². The number of fused-ring (bicyclic) bond motifs is 2. The molecule has 0 fully saturated rings. The number of nitrogens with zero attached hydrogens (tertiary/aromatic N) is 2. The first kappa shape index (κ1) is 16.8. The number of hydrogen-bond acceptors (Lipinski definition) is 2. The molecule has 1 unspecified atom stereocenters. The van der Waals surface area contributed by atoms with Crippen LogP contribution in [0.1, 0.15) is 50.3 Å². The van der Waals surface area contributed by atoms with E-state index in [4.69, 9.17) is 4.98 Å². The quantitative estimate of drug-likeness (QED) is 0.534. The molecule has 2 nitrogen and oxygen atoms in total. The summed E-state index contributed by atoms with van der Waals surface area (Å²) in [6.45, 7) is 5.58. The summed E-state index contributed by atoms with van der Waals surface area (Å²) in [5.74, 6) is 0.401. The Labute approximate surface area is 156 Å². The van der Waals surface area contributed by atoms with Crippen molar-refractivity contribution >= 4 is 22.2 Å². The van der Waals surface area contributed by atoms with E-state index in [2.05, 4.69) is 85.6 Å². The number of allylic oxidation sites excluding steroid dienone is 1. The fourth-order valence-corrected chi connectivity index (χ4v) is 3.96. The lowest BCUT2D eigenvalue weighted by atomic mass is 9.83. The van der Waals surface area contributed by atoms with Gasteiger partial charge in [0.15, 0.2) is 0 Å². The zero-order valence-electron chi connectivity index (χ0n) is 15.7. The molecule has 1 aliphatic heterocycles. The molecule has 2 aromatic carbocycles. The molecule has 0 spiro atoms. The second-order valence-electron chi connectivity index (χ2n) is 7.04. The number of pyridine rings is 1. The molecule has 2 heteroatoms. The smallest absolute Gasteiger partial charge is 0.0709 e. The Bertz CT molecular complexity index is 942. The molecule has 26 heavy (non-hydrogen) atoms. The van der Waals surface area contributed by atoms with E-state index in [1.165, 1.54) is 35.1 Å². The van der Waals surface area contributed by atoms with Crippen LogP contribution in [0.4, 0.5) is 5.69 Å². The number of aromatic nitrogens is 1. The normalized spacial score (nSPS) is 16.5. The minimum absolute atomic E-state index is 0.401. The standard InChI is InChI=1S/C24H26N2/c1-3-5-16-26-17-21(19(4-2)20-11-7-9-13-24(20)26)23-15-14-18-10-6-8-12-22(18)25-23/h6-15,17,19H,3-5,16H2,1-2H3. The zero-order chi connectivity index (χ0) is 17.9. The Morgan fingerprint density at radius 3 is 2.58 bits per heavy atom. The van der Waals surface area contributed by atoms with E-state index in [0.717, 1.165) is 24.2 Å². The van der Waals surface area contributed by atoms with Crippen molar-refractivity contribution in [3.63, 3.8) is 0 Å². The van der Waals surface area contributed by atoms with Crippen LogP contribution in [0.2, 0.25) is 0 Å². The first-order chi connectivity index (χ1) is 12.8. The lowest BCUT2D eigenvalue weighted by Crippen LogP contribution is -2.25. The van der Waals surface area contributed by atoms with Crippen LogP contribution < -0.4 is 4.90 Å². The van der Waals surface area contributed by atoms with Gasteiger partial charge < -0.3 is 4.90 Å². The molecule has 0 saturated heterocycles. The van der Waals surface area contributed by atoms with Crippen LogP contribution in [0.5, 0.6) is 0 Å². The van der Waals surface area contributed by atoms with Crippen molar-refractivity contribution in [2.45, 2.75) is 39.0 Å². The molecule has 0 amide bonds. The summed E-state index contributed by atoms with van der Waals surface area (Å²) in [4.78, 5) is 7.42. The Hall–Kier alpha value is -2.61. The average molecular weight is 342 g/mol.